The molecular formula is C18H20F3N3O3. The van der Waals surface area contributed by atoms with E-state index in [-0.39, 0.29) is 25.4 Å². The standard InChI is InChI=1S/C18H20F3N3O3/c19-18(20,21)17(27)24-10-4-8-14(24)16(26)22-11-15(25)23-9-3-6-12-5-1-2-7-13(12)23/h1-2,5,7,14H,3-4,6,8-11H2,(H,22,26). The van der Waals surface area contributed by atoms with Gasteiger partial charge in [0.1, 0.15) is 6.04 Å². The third-order valence-electron chi connectivity index (χ3n) is 4.88. The van der Waals surface area contributed by atoms with Gasteiger partial charge in [0.25, 0.3) is 0 Å². The van der Waals surface area contributed by atoms with Crippen molar-refractivity contribution in [2.75, 3.05) is 24.5 Å². The molecule has 1 N–H and O–H groups in total. The van der Waals surface area contributed by atoms with E-state index < -0.39 is 24.0 Å². The van der Waals surface area contributed by atoms with Crippen LogP contribution in [0.15, 0.2) is 24.3 Å². The molecule has 0 spiro atoms. The van der Waals surface area contributed by atoms with Gasteiger partial charge in [-0.3, -0.25) is 14.4 Å². The van der Waals surface area contributed by atoms with Gasteiger partial charge in [0.05, 0.1) is 6.54 Å². The predicted octanol–water partition coefficient (Wildman–Crippen LogP) is 1.64. The molecule has 2 aliphatic heterocycles. The van der Waals surface area contributed by atoms with Gasteiger partial charge >= 0.3 is 12.1 Å². The normalized spacial score (nSPS) is 19.6. The van der Waals surface area contributed by atoms with E-state index in [1.54, 1.807) is 4.90 Å². The van der Waals surface area contributed by atoms with E-state index in [0.29, 0.717) is 17.9 Å². The quantitative estimate of drug-likeness (QED) is 0.863. The molecule has 146 valence electrons. The zero-order valence-corrected chi connectivity index (χ0v) is 14.6. The van der Waals surface area contributed by atoms with Crippen LogP contribution >= 0.6 is 0 Å². The van der Waals surface area contributed by atoms with Crippen LogP contribution in [0.25, 0.3) is 0 Å². The first-order valence-corrected chi connectivity index (χ1v) is 8.83. The SMILES string of the molecule is O=C(NCC(=O)N1CCCc2ccccc21)C1CCCN1C(=O)C(F)(F)F. The van der Waals surface area contributed by atoms with Crippen LogP contribution < -0.4 is 10.2 Å². The van der Waals surface area contributed by atoms with Gasteiger partial charge in [0, 0.05) is 18.8 Å². The molecule has 0 aromatic heterocycles. The van der Waals surface area contributed by atoms with Gasteiger partial charge < -0.3 is 15.1 Å². The fraction of sp³-hybridized carbons (Fsp3) is 0.500. The minimum atomic E-state index is -5.02. The Bertz CT molecular complexity index is 751. The predicted molar refractivity (Wildman–Crippen MR) is 90.9 cm³/mol. The number of para-hydroxylation sites is 1. The molecule has 2 heterocycles. The zero-order chi connectivity index (χ0) is 19.6. The number of halogens is 3. The first kappa shape index (κ1) is 19.2. The van der Waals surface area contributed by atoms with Crippen molar-refractivity contribution in [1.82, 2.24) is 10.2 Å². The second-order valence-electron chi connectivity index (χ2n) is 6.65. The van der Waals surface area contributed by atoms with Gasteiger partial charge in [-0.25, -0.2) is 0 Å². The van der Waals surface area contributed by atoms with Crippen LogP contribution in [0.1, 0.15) is 24.8 Å². The number of carbonyl (C=O) groups excluding carboxylic acids is 3. The number of alkyl halides is 3. The number of hydrogen-bond acceptors (Lipinski definition) is 3. The van der Waals surface area contributed by atoms with Gasteiger partial charge in [-0.05, 0) is 37.3 Å². The number of nitrogens with zero attached hydrogens (tertiary/aromatic N) is 2. The minimum Gasteiger partial charge on any atom is -0.345 e. The molecule has 6 nitrogen and oxygen atoms in total. The second-order valence-corrected chi connectivity index (χ2v) is 6.65. The number of amides is 3. The van der Waals surface area contributed by atoms with Gasteiger partial charge in [0.15, 0.2) is 0 Å². The molecule has 3 amide bonds. The average molecular weight is 383 g/mol. The molecule has 0 saturated carbocycles. The summed E-state index contributed by atoms with van der Waals surface area (Å²) in [4.78, 5) is 38.3. The highest BCUT2D eigenvalue weighted by atomic mass is 19.4. The van der Waals surface area contributed by atoms with Crippen molar-refractivity contribution < 1.29 is 27.6 Å². The van der Waals surface area contributed by atoms with Crippen molar-refractivity contribution in [3.63, 3.8) is 0 Å². The van der Waals surface area contributed by atoms with E-state index in [9.17, 15) is 27.6 Å². The maximum absolute atomic E-state index is 12.7. The molecule has 27 heavy (non-hydrogen) atoms. The molecule has 9 heteroatoms. The van der Waals surface area contributed by atoms with E-state index in [1.165, 1.54) is 0 Å². The van der Waals surface area contributed by atoms with Crippen LogP contribution in [-0.4, -0.2) is 54.5 Å². The van der Waals surface area contributed by atoms with Crippen molar-refractivity contribution in [1.29, 1.82) is 0 Å². The molecule has 3 rings (SSSR count). The highest BCUT2D eigenvalue weighted by Crippen LogP contribution is 2.27. The molecule has 0 aliphatic carbocycles. The Kier molecular flexibility index (Phi) is 5.38. The summed E-state index contributed by atoms with van der Waals surface area (Å²) >= 11 is 0. The van der Waals surface area contributed by atoms with Crippen LogP contribution in [0.3, 0.4) is 0 Å². The molecule has 0 radical (unpaired) electrons. The highest BCUT2D eigenvalue weighted by molar-refractivity contribution is 5.98. The molecule has 2 aliphatic rings. The van der Waals surface area contributed by atoms with Crippen molar-refractivity contribution >= 4 is 23.4 Å². The topological polar surface area (TPSA) is 69.7 Å². The Balaban J connectivity index is 1.61. The number of benzene rings is 1. The number of anilines is 1. The molecule has 1 unspecified atom stereocenters. The zero-order valence-electron chi connectivity index (χ0n) is 14.6. The smallest absolute Gasteiger partial charge is 0.345 e. The molecule has 1 atom stereocenters. The maximum Gasteiger partial charge on any atom is 0.471 e. The van der Waals surface area contributed by atoms with Gasteiger partial charge in [0.2, 0.25) is 11.8 Å². The van der Waals surface area contributed by atoms with E-state index in [4.69, 9.17) is 0 Å². The summed E-state index contributed by atoms with van der Waals surface area (Å²) in [5, 5.41) is 2.40. The van der Waals surface area contributed by atoms with Crippen LogP contribution in [0.4, 0.5) is 18.9 Å². The largest absolute Gasteiger partial charge is 0.471 e. The fourth-order valence-corrected chi connectivity index (χ4v) is 3.61. The summed E-state index contributed by atoms with van der Waals surface area (Å²) in [5.74, 6) is -3.08. The third-order valence-corrected chi connectivity index (χ3v) is 4.88. The second kappa shape index (κ2) is 7.58. The molecule has 1 fully saturated rings. The number of likely N-dealkylation sites (tertiary alicyclic amines) is 1. The van der Waals surface area contributed by atoms with E-state index in [2.05, 4.69) is 5.32 Å². The van der Waals surface area contributed by atoms with Crippen molar-refractivity contribution in [3.05, 3.63) is 29.8 Å². The van der Waals surface area contributed by atoms with Gasteiger partial charge in [-0.2, -0.15) is 13.2 Å². The van der Waals surface area contributed by atoms with E-state index in [0.717, 1.165) is 24.1 Å². The van der Waals surface area contributed by atoms with Crippen molar-refractivity contribution in [2.24, 2.45) is 0 Å². The summed E-state index contributed by atoms with van der Waals surface area (Å²) in [6, 6.07) is 6.28. The molecule has 1 saturated heterocycles. The minimum absolute atomic E-state index is 0.121. The maximum atomic E-state index is 12.7. The lowest BCUT2D eigenvalue weighted by atomic mass is 10.0. The summed E-state index contributed by atoms with van der Waals surface area (Å²) in [6.45, 7) is 0.0788. The monoisotopic (exact) mass is 383 g/mol. The summed E-state index contributed by atoms with van der Waals surface area (Å²) in [7, 11) is 0. The number of hydrogen-bond donors (Lipinski definition) is 1. The van der Waals surface area contributed by atoms with Gasteiger partial charge in [-0.1, -0.05) is 18.2 Å². The summed E-state index contributed by atoms with van der Waals surface area (Å²) in [5.41, 5.74) is 1.83. The Hall–Kier alpha value is -2.58. The highest BCUT2D eigenvalue weighted by Gasteiger charge is 2.47. The van der Waals surface area contributed by atoms with E-state index >= 15 is 0 Å². The van der Waals surface area contributed by atoms with Crippen molar-refractivity contribution in [2.45, 2.75) is 37.9 Å². The number of aryl methyl sites for hydroxylation is 1. The van der Waals surface area contributed by atoms with Crippen LogP contribution in [0.2, 0.25) is 0 Å². The lowest BCUT2D eigenvalue weighted by Crippen LogP contribution is -2.52. The fourth-order valence-electron chi connectivity index (χ4n) is 3.61. The molecule has 1 aromatic rings. The number of carbonyl (C=O) groups is 3. The Morgan fingerprint density at radius 1 is 1.11 bits per heavy atom. The lowest BCUT2D eigenvalue weighted by molar-refractivity contribution is -0.186. The first-order valence-electron chi connectivity index (χ1n) is 8.83. The van der Waals surface area contributed by atoms with Crippen LogP contribution in [-0.2, 0) is 20.8 Å². The Morgan fingerprint density at radius 2 is 1.85 bits per heavy atom. The summed E-state index contributed by atoms with van der Waals surface area (Å²) in [6.07, 6.45) is -2.89. The number of fused-ring (bicyclic) bond motifs is 1. The first-order chi connectivity index (χ1) is 12.8. The Morgan fingerprint density at radius 3 is 2.59 bits per heavy atom. The molecule has 0 bridgehead atoms. The average Bonchev–Trinajstić information content (AvgIpc) is 3.13. The summed E-state index contributed by atoms with van der Waals surface area (Å²) < 4.78 is 38.0. The lowest BCUT2D eigenvalue weighted by Gasteiger charge is -2.30. The molecule has 1 aromatic carbocycles. The van der Waals surface area contributed by atoms with Crippen LogP contribution in [0.5, 0.6) is 0 Å². The number of rotatable bonds is 3. The van der Waals surface area contributed by atoms with Gasteiger partial charge in [-0.15, -0.1) is 0 Å². The molecular weight excluding hydrogens is 363 g/mol. The number of nitrogens with one attached hydrogen (secondary N) is 1. The van der Waals surface area contributed by atoms with Crippen LogP contribution in [0, 0.1) is 0 Å². The van der Waals surface area contributed by atoms with E-state index in [1.807, 2.05) is 24.3 Å². The third kappa shape index (κ3) is 4.06. The Labute approximate surface area is 154 Å². The van der Waals surface area contributed by atoms with Crippen molar-refractivity contribution in [3.8, 4) is 0 Å².